The molecule has 0 bridgehead atoms. The summed E-state index contributed by atoms with van der Waals surface area (Å²) in [4.78, 5) is 35.9. The molecule has 1 unspecified atom stereocenters. The van der Waals surface area contributed by atoms with Crippen LogP contribution >= 0.6 is 0 Å². The van der Waals surface area contributed by atoms with E-state index in [0.29, 0.717) is 25.3 Å². The first-order valence-electron chi connectivity index (χ1n) is 6.75. The van der Waals surface area contributed by atoms with Crippen molar-refractivity contribution in [3.05, 3.63) is 0 Å². The molecule has 3 amide bonds. The van der Waals surface area contributed by atoms with Gasteiger partial charge in [-0.3, -0.25) is 19.3 Å². The largest absolute Gasteiger partial charge is 0.344 e. The normalized spacial score (nSPS) is 20.0. The second kappa shape index (κ2) is 7.23. The zero-order valence-corrected chi connectivity index (χ0v) is 11.9. The lowest BCUT2D eigenvalue weighted by atomic mass is 10.0. The van der Waals surface area contributed by atoms with E-state index in [1.165, 1.54) is 7.05 Å². The molecule has 1 heterocycles. The van der Waals surface area contributed by atoms with E-state index < -0.39 is 6.04 Å². The monoisotopic (exact) mass is 269 g/mol. The van der Waals surface area contributed by atoms with Gasteiger partial charge in [-0.05, 0) is 19.4 Å². The molecule has 108 valence electrons. The standard InChI is InChI=1S/C13H23N3O3/c1-9(2)14-8-4-5-11(17)15-10-6-7-12(18)16(3)13(10)19/h9-10,14H,4-8H2,1-3H3,(H,15,17). The third kappa shape index (κ3) is 4.98. The van der Waals surface area contributed by atoms with Crippen molar-refractivity contribution in [1.82, 2.24) is 15.5 Å². The number of amides is 3. The van der Waals surface area contributed by atoms with Crippen LogP contribution in [-0.2, 0) is 14.4 Å². The van der Waals surface area contributed by atoms with E-state index >= 15 is 0 Å². The highest BCUT2D eigenvalue weighted by atomic mass is 16.2. The minimum Gasteiger partial charge on any atom is -0.344 e. The molecule has 0 radical (unpaired) electrons. The first-order chi connectivity index (χ1) is 8.91. The number of imide groups is 1. The Morgan fingerprint density at radius 1 is 1.42 bits per heavy atom. The minimum absolute atomic E-state index is 0.133. The molecule has 6 nitrogen and oxygen atoms in total. The number of rotatable bonds is 6. The fraction of sp³-hybridized carbons (Fsp3) is 0.769. The Balaban J connectivity index is 2.28. The summed E-state index contributed by atoms with van der Waals surface area (Å²) >= 11 is 0. The Bertz CT molecular complexity index is 355. The third-order valence-electron chi connectivity index (χ3n) is 3.12. The molecule has 0 aromatic carbocycles. The molecular weight excluding hydrogens is 246 g/mol. The van der Waals surface area contributed by atoms with Crippen LogP contribution in [0.4, 0.5) is 0 Å². The Kier molecular flexibility index (Phi) is 5.95. The molecule has 6 heteroatoms. The number of nitrogens with one attached hydrogen (secondary N) is 2. The van der Waals surface area contributed by atoms with Crippen LogP contribution in [0.3, 0.4) is 0 Å². The van der Waals surface area contributed by atoms with Crippen molar-refractivity contribution >= 4 is 17.7 Å². The van der Waals surface area contributed by atoms with Gasteiger partial charge in [0.15, 0.2) is 0 Å². The number of piperidine rings is 1. The van der Waals surface area contributed by atoms with Gasteiger partial charge in [0, 0.05) is 25.9 Å². The van der Waals surface area contributed by atoms with Crippen LogP contribution in [0.5, 0.6) is 0 Å². The van der Waals surface area contributed by atoms with Gasteiger partial charge in [-0.15, -0.1) is 0 Å². The smallest absolute Gasteiger partial charge is 0.251 e. The van der Waals surface area contributed by atoms with Crippen LogP contribution in [0.2, 0.25) is 0 Å². The van der Waals surface area contributed by atoms with Crippen LogP contribution in [0.1, 0.15) is 39.5 Å². The molecule has 1 atom stereocenters. The van der Waals surface area contributed by atoms with Crippen molar-refractivity contribution in [2.45, 2.75) is 51.6 Å². The highest BCUT2D eigenvalue weighted by Gasteiger charge is 2.32. The average molecular weight is 269 g/mol. The quantitative estimate of drug-likeness (QED) is 0.527. The van der Waals surface area contributed by atoms with E-state index in [1.54, 1.807) is 0 Å². The molecule has 1 rings (SSSR count). The second-order valence-electron chi connectivity index (χ2n) is 5.16. The number of hydrogen-bond acceptors (Lipinski definition) is 4. The van der Waals surface area contributed by atoms with Gasteiger partial charge in [0.1, 0.15) is 6.04 Å². The predicted octanol–water partition coefficient (Wildman–Crippen LogP) is 0.0282. The Morgan fingerprint density at radius 2 is 2.11 bits per heavy atom. The summed E-state index contributed by atoms with van der Waals surface area (Å²) in [7, 11) is 1.45. The lowest BCUT2D eigenvalue weighted by Gasteiger charge is -2.28. The number of nitrogens with zero attached hydrogens (tertiary/aromatic N) is 1. The van der Waals surface area contributed by atoms with Gasteiger partial charge in [0.05, 0.1) is 0 Å². The topological polar surface area (TPSA) is 78.5 Å². The van der Waals surface area contributed by atoms with Gasteiger partial charge in [0.2, 0.25) is 11.8 Å². The van der Waals surface area contributed by atoms with E-state index in [4.69, 9.17) is 0 Å². The van der Waals surface area contributed by atoms with Crippen molar-refractivity contribution in [1.29, 1.82) is 0 Å². The highest BCUT2D eigenvalue weighted by molar-refractivity contribution is 6.01. The molecule has 1 saturated heterocycles. The predicted molar refractivity (Wildman–Crippen MR) is 71.3 cm³/mol. The summed E-state index contributed by atoms with van der Waals surface area (Å²) in [5, 5.41) is 5.92. The fourth-order valence-corrected chi connectivity index (χ4v) is 1.96. The van der Waals surface area contributed by atoms with Crippen LogP contribution < -0.4 is 10.6 Å². The van der Waals surface area contributed by atoms with Crippen LogP contribution in [0.25, 0.3) is 0 Å². The van der Waals surface area contributed by atoms with Crippen molar-refractivity contribution in [2.24, 2.45) is 0 Å². The Hall–Kier alpha value is -1.43. The van der Waals surface area contributed by atoms with Crippen molar-refractivity contribution in [2.75, 3.05) is 13.6 Å². The van der Waals surface area contributed by atoms with Crippen molar-refractivity contribution < 1.29 is 14.4 Å². The average Bonchev–Trinajstić information content (AvgIpc) is 2.35. The summed E-state index contributed by atoms with van der Waals surface area (Å²) in [5.74, 6) is -0.631. The number of carbonyl (C=O) groups is 3. The molecule has 1 aliphatic heterocycles. The molecule has 0 aliphatic carbocycles. The summed E-state index contributed by atoms with van der Waals surface area (Å²) < 4.78 is 0. The number of carbonyl (C=O) groups excluding carboxylic acids is 3. The summed E-state index contributed by atoms with van der Waals surface area (Å²) in [6, 6.07) is -0.143. The lowest BCUT2D eigenvalue weighted by Crippen LogP contribution is -2.52. The Morgan fingerprint density at radius 3 is 2.74 bits per heavy atom. The zero-order chi connectivity index (χ0) is 14.4. The first kappa shape index (κ1) is 15.6. The minimum atomic E-state index is -0.548. The van der Waals surface area contributed by atoms with Gasteiger partial charge in [-0.2, -0.15) is 0 Å². The molecule has 2 N–H and O–H groups in total. The van der Waals surface area contributed by atoms with Gasteiger partial charge < -0.3 is 10.6 Å². The fourth-order valence-electron chi connectivity index (χ4n) is 1.96. The zero-order valence-electron chi connectivity index (χ0n) is 11.9. The van der Waals surface area contributed by atoms with Gasteiger partial charge >= 0.3 is 0 Å². The maximum atomic E-state index is 11.8. The number of hydrogen-bond donors (Lipinski definition) is 2. The first-order valence-corrected chi connectivity index (χ1v) is 6.75. The van der Waals surface area contributed by atoms with Crippen LogP contribution in [-0.4, -0.2) is 48.3 Å². The molecule has 0 spiro atoms. The molecular formula is C13H23N3O3. The van der Waals surface area contributed by atoms with E-state index in [1.807, 2.05) is 13.8 Å². The van der Waals surface area contributed by atoms with E-state index in [0.717, 1.165) is 17.9 Å². The molecule has 1 aliphatic rings. The molecule has 0 aromatic rings. The van der Waals surface area contributed by atoms with Crippen LogP contribution in [0, 0.1) is 0 Å². The van der Waals surface area contributed by atoms with Gasteiger partial charge in [-0.25, -0.2) is 0 Å². The maximum Gasteiger partial charge on any atom is 0.251 e. The SMILES string of the molecule is CC(C)NCCCC(=O)NC1CCC(=O)N(C)C1=O. The maximum absolute atomic E-state index is 11.8. The Labute approximate surface area is 113 Å². The molecule has 0 saturated carbocycles. The molecule has 1 fully saturated rings. The number of likely N-dealkylation sites (N-methyl/N-ethyl adjacent to an activating group) is 1. The van der Waals surface area contributed by atoms with Crippen molar-refractivity contribution in [3.63, 3.8) is 0 Å². The summed E-state index contributed by atoms with van der Waals surface area (Å²) in [5.41, 5.74) is 0. The summed E-state index contributed by atoms with van der Waals surface area (Å²) in [6.07, 6.45) is 1.83. The van der Waals surface area contributed by atoms with Gasteiger partial charge in [-0.1, -0.05) is 13.8 Å². The second-order valence-corrected chi connectivity index (χ2v) is 5.16. The summed E-state index contributed by atoms with van der Waals surface area (Å²) in [6.45, 7) is 4.88. The van der Waals surface area contributed by atoms with E-state index in [2.05, 4.69) is 10.6 Å². The third-order valence-corrected chi connectivity index (χ3v) is 3.12. The van der Waals surface area contributed by atoms with E-state index in [-0.39, 0.29) is 17.7 Å². The number of likely N-dealkylation sites (tertiary alicyclic amines) is 1. The highest BCUT2D eigenvalue weighted by Crippen LogP contribution is 2.11. The molecule has 19 heavy (non-hydrogen) atoms. The van der Waals surface area contributed by atoms with Crippen LogP contribution in [0.15, 0.2) is 0 Å². The lowest BCUT2D eigenvalue weighted by molar-refractivity contribution is -0.149. The van der Waals surface area contributed by atoms with E-state index in [9.17, 15) is 14.4 Å². The van der Waals surface area contributed by atoms with Crippen molar-refractivity contribution in [3.8, 4) is 0 Å². The van der Waals surface area contributed by atoms with Gasteiger partial charge in [0.25, 0.3) is 5.91 Å². The molecule has 0 aromatic heterocycles.